The topological polar surface area (TPSA) is 73.9 Å². The lowest BCUT2D eigenvalue weighted by Crippen LogP contribution is -2.46. The molecule has 0 unspecified atom stereocenters. The van der Waals surface area contributed by atoms with E-state index in [-0.39, 0.29) is 6.10 Å². The van der Waals surface area contributed by atoms with Gasteiger partial charge >= 0.3 is 12.1 Å². The SMILES string of the molecule is COc1ccc2cc(C[C@@H](NC(=O)OC(C)(C)C)C(=O)OC(C)C)ccc2c1. The molecule has 2 aromatic carbocycles. The largest absolute Gasteiger partial charge is 0.497 e. The van der Waals surface area contributed by atoms with E-state index < -0.39 is 23.7 Å². The molecule has 0 saturated heterocycles. The summed E-state index contributed by atoms with van der Waals surface area (Å²) in [5.74, 6) is 0.293. The Morgan fingerprint density at radius 3 is 2.29 bits per heavy atom. The number of carbonyl (C=O) groups is 2. The van der Waals surface area contributed by atoms with Crippen molar-refractivity contribution in [2.75, 3.05) is 7.11 Å². The van der Waals surface area contributed by atoms with Gasteiger partial charge < -0.3 is 19.5 Å². The Hall–Kier alpha value is -2.76. The highest BCUT2D eigenvalue weighted by Crippen LogP contribution is 2.22. The van der Waals surface area contributed by atoms with Crippen LogP contribution in [0.25, 0.3) is 10.8 Å². The van der Waals surface area contributed by atoms with E-state index >= 15 is 0 Å². The maximum atomic E-state index is 12.5. The number of fused-ring (bicyclic) bond motifs is 1. The fraction of sp³-hybridized carbons (Fsp3) is 0.455. The molecular weight excluding hydrogens is 358 g/mol. The van der Waals surface area contributed by atoms with Crippen molar-refractivity contribution in [2.24, 2.45) is 0 Å². The standard InChI is InChI=1S/C22H29NO5/c1-14(2)27-20(24)19(23-21(25)28-22(3,4)5)12-15-7-8-17-13-18(26-6)10-9-16(17)11-15/h7-11,13-14,19H,12H2,1-6H3,(H,23,25)/t19-/m1/s1. The van der Waals surface area contributed by atoms with Crippen LogP contribution in [0.4, 0.5) is 4.79 Å². The molecule has 0 aliphatic rings. The van der Waals surface area contributed by atoms with Crippen LogP contribution in [0.15, 0.2) is 36.4 Å². The maximum Gasteiger partial charge on any atom is 0.408 e. The number of benzene rings is 2. The van der Waals surface area contributed by atoms with Gasteiger partial charge in [0.1, 0.15) is 17.4 Å². The summed E-state index contributed by atoms with van der Waals surface area (Å²) < 4.78 is 15.8. The number of alkyl carbamates (subject to hydrolysis) is 1. The zero-order chi connectivity index (χ0) is 20.9. The Kier molecular flexibility index (Phi) is 6.89. The molecule has 6 nitrogen and oxygen atoms in total. The van der Waals surface area contributed by atoms with Gasteiger partial charge in [0.2, 0.25) is 0 Å². The predicted molar refractivity (Wildman–Crippen MR) is 109 cm³/mol. The molecule has 6 heteroatoms. The molecule has 0 radical (unpaired) electrons. The summed E-state index contributed by atoms with van der Waals surface area (Å²) in [6.07, 6.45) is -0.629. The molecule has 1 amide bonds. The first-order valence-corrected chi connectivity index (χ1v) is 9.34. The number of nitrogens with one attached hydrogen (secondary N) is 1. The van der Waals surface area contributed by atoms with Gasteiger partial charge in [-0.1, -0.05) is 24.3 Å². The Balaban J connectivity index is 2.21. The number of hydrogen-bond donors (Lipinski definition) is 1. The van der Waals surface area contributed by atoms with Crippen LogP contribution in [-0.2, 0) is 20.7 Å². The Labute approximate surface area is 166 Å². The molecule has 0 bridgehead atoms. The van der Waals surface area contributed by atoms with Crippen LogP contribution < -0.4 is 10.1 Å². The van der Waals surface area contributed by atoms with Gasteiger partial charge in [-0.2, -0.15) is 0 Å². The van der Waals surface area contributed by atoms with Crippen molar-refractivity contribution >= 4 is 22.8 Å². The number of methoxy groups -OCH3 is 1. The molecule has 0 aliphatic heterocycles. The summed E-state index contributed by atoms with van der Waals surface area (Å²) in [7, 11) is 1.63. The number of hydrogen-bond acceptors (Lipinski definition) is 5. The third-order valence-corrected chi connectivity index (χ3v) is 3.88. The lowest BCUT2D eigenvalue weighted by molar-refractivity contribution is -0.149. The first kappa shape index (κ1) is 21.5. The third kappa shape index (κ3) is 6.44. The molecule has 1 N–H and O–H groups in total. The molecule has 152 valence electrons. The molecule has 2 rings (SSSR count). The van der Waals surface area contributed by atoms with Gasteiger partial charge in [0.25, 0.3) is 0 Å². The zero-order valence-corrected chi connectivity index (χ0v) is 17.4. The lowest BCUT2D eigenvalue weighted by atomic mass is 10.0. The second kappa shape index (κ2) is 8.95. The minimum Gasteiger partial charge on any atom is -0.497 e. The third-order valence-electron chi connectivity index (χ3n) is 3.88. The van der Waals surface area contributed by atoms with Crippen LogP contribution in [-0.4, -0.2) is 36.9 Å². The van der Waals surface area contributed by atoms with Crippen LogP contribution in [0, 0.1) is 0 Å². The predicted octanol–water partition coefficient (Wildman–Crippen LogP) is 4.24. The number of rotatable bonds is 6. The van der Waals surface area contributed by atoms with E-state index in [1.165, 1.54) is 0 Å². The molecule has 28 heavy (non-hydrogen) atoms. The van der Waals surface area contributed by atoms with Crippen molar-refractivity contribution in [1.29, 1.82) is 0 Å². The highest BCUT2D eigenvalue weighted by atomic mass is 16.6. The summed E-state index contributed by atoms with van der Waals surface area (Å²) in [5, 5.41) is 4.69. The summed E-state index contributed by atoms with van der Waals surface area (Å²) >= 11 is 0. The van der Waals surface area contributed by atoms with Crippen molar-refractivity contribution in [3.8, 4) is 5.75 Å². The molecule has 0 aliphatic carbocycles. The summed E-state index contributed by atoms with van der Waals surface area (Å²) in [4.78, 5) is 24.7. The first-order chi connectivity index (χ1) is 13.1. The lowest BCUT2D eigenvalue weighted by Gasteiger charge is -2.23. The molecule has 0 spiro atoms. The Morgan fingerprint density at radius 2 is 1.68 bits per heavy atom. The van der Waals surface area contributed by atoms with E-state index in [4.69, 9.17) is 14.2 Å². The van der Waals surface area contributed by atoms with Crippen LogP contribution >= 0.6 is 0 Å². The summed E-state index contributed by atoms with van der Waals surface area (Å²) in [5.41, 5.74) is 0.248. The highest BCUT2D eigenvalue weighted by Gasteiger charge is 2.26. The second-order valence-corrected chi connectivity index (χ2v) is 7.94. The van der Waals surface area contributed by atoms with E-state index in [2.05, 4.69) is 5.32 Å². The van der Waals surface area contributed by atoms with Gasteiger partial charge in [0, 0.05) is 6.42 Å². The smallest absolute Gasteiger partial charge is 0.408 e. The van der Waals surface area contributed by atoms with Gasteiger partial charge in [-0.25, -0.2) is 9.59 Å². The van der Waals surface area contributed by atoms with Crippen LogP contribution in [0.2, 0.25) is 0 Å². The highest BCUT2D eigenvalue weighted by molar-refractivity contribution is 5.85. The zero-order valence-electron chi connectivity index (χ0n) is 17.4. The van der Waals surface area contributed by atoms with E-state index in [1.807, 2.05) is 36.4 Å². The van der Waals surface area contributed by atoms with Crippen LogP contribution in [0.3, 0.4) is 0 Å². The van der Waals surface area contributed by atoms with Crippen molar-refractivity contribution in [1.82, 2.24) is 5.32 Å². The van der Waals surface area contributed by atoms with Gasteiger partial charge in [0.15, 0.2) is 0 Å². The van der Waals surface area contributed by atoms with Crippen molar-refractivity contribution < 1.29 is 23.8 Å². The van der Waals surface area contributed by atoms with E-state index in [0.29, 0.717) is 6.42 Å². The first-order valence-electron chi connectivity index (χ1n) is 9.34. The number of ether oxygens (including phenoxy) is 3. The van der Waals surface area contributed by atoms with Crippen molar-refractivity contribution in [3.63, 3.8) is 0 Å². The molecule has 0 aromatic heterocycles. The summed E-state index contributed by atoms with van der Waals surface area (Å²) in [6, 6.07) is 10.8. The van der Waals surface area contributed by atoms with Gasteiger partial charge in [-0.05, 0) is 63.1 Å². The van der Waals surface area contributed by atoms with Gasteiger partial charge in [0.05, 0.1) is 13.2 Å². The maximum absolute atomic E-state index is 12.5. The fourth-order valence-corrected chi connectivity index (χ4v) is 2.72. The average molecular weight is 387 g/mol. The normalized spacial score (nSPS) is 12.5. The monoisotopic (exact) mass is 387 g/mol. The number of carbonyl (C=O) groups excluding carboxylic acids is 2. The van der Waals surface area contributed by atoms with Crippen molar-refractivity contribution in [2.45, 2.75) is 58.8 Å². The molecule has 0 heterocycles. The second-order valence-electron chi connectivity index (χ2n) is 7.94. The minimum absolute atomic E-state index is 0.278. The van der Waals surface area contributed by atoms with E-state index in [0.717, 1.165) is 22.1 Å². The Bertz CT molecular complexity index is 838. The van der Waals surface area contributed by atoms with Gasteiger partial charge in [-0.15, -0.1) is 0 Å². The molecule has 0 fully saturated rings. The molecule has 2 aromatic rings. The molecule has 1 atom stereocenters. The average Bonchev–Trinajstić information content (AvgIpc) is 2.58. The fourth-order valence-electron chi connectivity index (χ4n) is 2.72. The van der Waals surface area contributed by atoms with E-state index in [9.17, 15) is 9.59 Å². The number of amides is 1. The van der Waals surface area contributed by atoms with Crippen LogP contribution in [0.5, 0.6) is 5.75 Å². The minimum atomic E-state index is -0.840. The van der Waals surface area contributed by atoms with E-state index in [1.54, 1.807) is 41.7 Å². The summed E-state index contributed by atoms with van der Waals surface area (Å²) in [6.45, 7) is 8.85. The van der Waals surface area contributed by atoms with Crippen molar-refractivity contribution in [3.05, 3.63) is 42.0 Å². The van der Waals surface area contributed by atoms with Gasteiger partial charge in [-0.3, -0.25) is 0 Å². The molecular formula is C22H29NO5. The quantitative estimate of drug-likeness (QED) is 0.751. The Morgan fingerprint density at radius 1 is 1.04 bits per heavy atom. The number of esters is 1. The molecule has 0 saturated carbocycles. The van der Waals surface area contributed by atoms with Crippen LogP contribution in [0.1, 0.15) is 40.2 Å².